The molecule has 2 amide bonds. The highest BCUT2D eigenvalue weighted by atomic mass is 79.9. The van der Waals surface area contributed by atoms with Crippen molar-refractivity contribution in [2.75, 3.05) is 52.4 Å². The fourth-order valence-electron chi connectivity index (χ4n) is 6.54. The van der Waals surface area contributed by atoms with Crippen molar-refractivity contribution in [2.45, 2.75) is 47.7 Å². The number of sulfonamides is 2. The number of carbonyl (C=O) groups is 2. The predicted molar refractivity (Wildman–Crippen MR) is 175 cm³/mol. The number of likely N-dealkylation sites (tertiary alicyclic amines) is 2. The number of imidazole rings is 1. The molecule has 4 heterocycles. The Morgan fingerprint density at radius 3 is 2.41 bits per heavy atom. The Morgan fingerprint density at radius 1 is 0.957 bits per heavy atom. The minimum absolute atomic E-state index is 0.0332. The molecule has 13 nitrogen and oxygen atoms in total. The summed E-state index contributed by atoms with van der Waals surface area (Å²) in [6, 6.07) is 9.45. The van der Waals surface area contributed by atoms with E-state index >= 15 is 0 Å². The van der Waals surface area contributed by atoms with Gasteiger partial charge in [-0.3, -0.25) is 14.5 Å². The van der Waals surface area contributed by atoms with Crippen molar-refractivity contribution in [3.05, 3.63) is 53.4 Å². The highest BCUT2D eigenvalue weighted by Gasteiger charge is 2.37. The predicted octanol–water partition coefficient (Wildman–Crippen LogP) is 1.60. The maximum Gasteiger partial charge on any atom is 0.262 e. The number of aryl methyl sites for hydroxylation is 1. The monoisotopic (exact) mass is 735 g/mol. The van der Waals surface area contributed by atoms with Crippen molar-refractivity contribution in [1.29, 1.82) is 0 Å². The molecule has 16 heteroatoms. The molecular weight excluding hydrogens is 698 g/mol. The summed E-state index contributed by atoms with van der Waals surface area (Å²) in [6.45, 7) is 3.29. The van der Waals surface area contributed by atoms with E-state index in [2.05, 4.69) is 30.5 Å². The summed E-state index contributed by atoms with van der Waals surface area (Å²) in [5.41, 5.74) is 0. The highest BCUT2D eigenvalue weighted by Crippen LogP contribution is 2.25. The van der Waals surface area contributed by atoms with Crippen molar-refractivity contribution in [1.82, 2.24) is 33.3 Å². The van der Waals surface area contributed by atoms with E-state index in [0.717, 1.165) is 28.1 Å². The number of amides is 2. The second-order valence-corrected chi connectivity index (χ2v) is 16.7. The SMILES string of the molecule is Cn1cnc(S(=O)(=O)N2CCN(CC3CCCN3C(=O)CN3CCCC(NS(=O)(=O)c4ccc5cc(Br)ccc5c4)C3=O)CC2)c1. The zero-order valence-electron chi connectivity index (χ0n) is 25.6. The molecule has 3 fully saturated rings. The summed E-state index contributed by atoms with van der Waals surface area (Å²) >= 11 is 3.42. The number of nitrogens with zero attached hydrogens (tertiary/aromatic N) is 6. The van der Waals surface area contributed by atoms with Gasteiger partial charge in [-0.1, -0.05) is 28.1 Å². The fourth-order valence-corrected chi connectivity index (χ4v) is 9.56. The second kappa shape index (κ2) is 13.3. The Labute approximate surface area is 277 Å². The van der Waals surface area contributed by atoms with Gasteiger partial charge in [0, 0.05) is 69.6 Å². The molecule has 3 saturated heterocycles. The van der Waals surface area contributed by atoms with Crippen LogP contribution in [0.25, 0.3) is 10.8 Å². The van der Waals surface area contributed by atoms with Gasteiger partial charge in [-0.15, -0.1) is 0 Å². The van der Waals surface area contributed by atoms with Crippen LogP contribution in [0.2, 0.25) is 0 Å². The molecule has 46 heavy (non-hydrogen) atoms. The van der Waals surface area contributed by atoms with Crippen LogP contribution in [-0.2, 0) is 36.7 Å². The molecule has 0 bridgehead atoms. The number of nitrogens with one attached hydrogen (secondary N) is 1. The first-order valence-corrected chi connectivity index (χ1v) is 19.1. The number of benzene rings is 2. The number of piperidine rings is 1. The topological polar surface area (TPSA) is 145 Å². The zero-order valence-corrected chi connectivity index (χ0v) is 28.8. The van der Waals surface area contributed by atoms with Gasteiger partial charge >= 0.3 is 0 Å². The van der Waals surface area contributed by atoms with Crippen LogP contribution in [-0.4, -0.2) is 122 Å². The summed E-state index contributed by atoms with van der Waals surface area (Å²) in [4.78, 5) is 36.5. The van der Waals surface area contributed by atoms with Gasteiger partial charge in [0.05, 0.1) is 17.8 Å². The molecule has 0 aliphatic carbocycles. The molecule has 6 rings (SSSR count). The molecule has 3 aliphatic rings. The molecule has 2 aromatic carbocycles. The van der Waals surface area contributed by atoms with Gasteiger partial charge in [0.2, 0.25) is 21.8 Å². The lowest BCUT2D eigenvalue weighted by Crippen LogP contribution is -2.56. The lowest BCUT2D eigenvalue weighted by atomic mass is 10.1. The Bertz CT molecular complexity index is 1840. The van der Waals surface area contributed by atoms with Crippen LogP contribution in [0.15, 0.2) is 63.3 Å². The third-order valence-electron chi connectivity index (χ3n) is 9.02. The minimum Gasteiger partial charge on any atom is -0.339 e. The number of aromatic nitrogens is 2. The normalized spacial score (nSPS) is 22.2. The van der Waals surface area contributed by atoms with Crippen LogP contribution < -0.4 is 4.72 Å². The molecule has 1 N–H and O–H groups in total. The number of hydrogen-bond acceptors (Lipinski definition) is 8. The van der Waals surface area contributed by atoms with Crippen LogP contribution in [0.1, 0.15) is 25.7 Å². The van der Waals surface area contributed by atoms with Crippen molar-refractivity contribution in [2.24, 2.45) is 7.05 Å². The van der Waals surface area contributed by atoms with Crippen LogP contribution in [0, 0.1) is 0 Å². The molecular formula is C30H38BrN7O6S2. The third kappa shape index (κ3) is 7.01. The van der Waals surface area contributed by atoms with E-state index in [1.54, 1.807) is 23.7 Å². The van der Waals surface area contributed by atoms with Crippen molar-refractivity contribution < 1.29 is 26.4 Å². The maximum absolute atomic E-state index is 13.5. The minimum atomic E-state index is -3.97. The summed E-state index contributed by atoms with van der Waals surface area (Å²) in [5, 5.41) is 1.70. The Kier molecular flexibility index (Phi) is 9.56. The highest BCUT2D eigenvalue weighted by molar-refractivity contribution is 9.10. The van der Waals surface area contributed by atoms with E-state index in [0.29, 0.717) is 58.7 Å². The zero-order chi connectivity index (χ0) is 32.6. The van der Waals surface area contributed by atoms with E-state index in [-0.39, 0.29) is 28.4 Å². The number of carbonyl (C=O) groups excluding carboxylic acids is 2. The van der Waals surface area contributed by atoms with Crippen molar-refractivity contribution in [3.8, 4) is 0 Å². The van der Waals surface area contributed by atoms with Crippen LogP contribution in [0.3, 0.4) is 0 Å². The number of rotatable bonds is 9. The molecule has 3 aromatic rings. The van der Waals surface area contributed by atoms with Gasteiger partial charge in [0.15, 0.2) is 5.03 Å². The van der Waals surface area contributed by atoms with Crippen molar-refractivity contribution >= 4 is 58.6 Å². The Hall–Kier alpha value is -2.89. The molecule has 2 atom stereocenters. The molecule has 0 saturated carbocycles. The first kappa shape index (κ1) is 33.0. The quantitative estimate of drug-likeness (QED) is 0.349. The number of fused-ring (bicyclic) bond motifs is 1. The van der Waals surface area contributed by atoms with Crippen LogP contribution in [0.4, 0.5) is 0 Å². The third-order valence-corrected chi connectivity index (χ3v) is 12.8. The van der Waals surface area contributed by atoms with Crippen molar-refractivity contribution in [3.63, 3.8) is 0 Å². The molecule has 3 aliphatic heterocycles. The van der Waals surface area contributed by atoms with Gasteiger partial charge in [-0.2, -0.15) is 9.03 Å². The summed E-state index contributed by atoms with van der Waals surface area (Å²) < 4.78 is 59.0. The van der Waals surface area contributed by atoms with Crippen LogP contribution in [0.5, 0.6) is 0 Å². The lowest BCUT2D eigenvalue weighted by molar-refractivity contribution is -0.143. The van der Waals surface area contributed by atoms with Gasteiger partial charge in [-0.25, -0.2) is 21.8 Å². The van der Waals surface area contributed by atoms with E-state index in [9.17, 15) is 26.4 Å². The second-order valence-electron chi connectivity index (χ2n) is 12.2. The van der Waals surface area contributed by atoms with Gasteiger partial charge in [0.1, 0.15) is 6.04 Å². The first-order chi connectivity index (χ1) is 21.9. The molecule has 2 unspecified atom stereocenters. The average Bonchev–Trinajstić information content (AvgIpc) is 3.68. The Balaban J connectivity index is 1.03. The Morgan fingerprint density at radius 2 is 1.67 bits per heavy atom. The lowest BCUT2D eigenvalue weighted by Gasteiger charge is -2.37. The van der Waals surface area contributed by atoms with Crippen LogP contribution >= 0.6 is 15.9 Å². The fraction of sp³-hybridized carbons (Fsp3) is 0.500. The van der Waals surface area contributed by atoms with E-state index in [1.165, 1.54) is 27.8 Å². The summed E-state index contributed by atoms with van der Waals surface area (Å²) in [5.74, 6) is -0.551. The van der Waals surface area contributed by atoms with E-state index < -0.39 is 32.0 Å². The van der Waals surface area contributed by atoms with Gasteiger partial charge in [-0.05, 0) is 60.7 Å². The number of piperazine rings is 1. The van der Waals surface area contributed by atoms with E-state index in [4.69, 9.17) is 0 Å². The average molecular weight is 737 g/mol. The molecule has 248 valence electrons. The summed E-state index contributed by atoms with van der Waals surface area (Å²) in [6.07, 6.45) is 5.58. The smallest absolute Gasteiger partial charge is 0.262 e. The van der Waals surface area contributed by atoms with E-state index in [1.807, 2.05) is 23.1 Å². The number of halogens is 1. The largest absolute Gasteiger partial charge is 0.339 e. The first-order valence-electron chi connectivity index (χ1n) is 15.4. The summed E-state index contributed by atoms with van der Waals surface area (Å²) in [7, 11) is -5.89. The number of hydrogen-bond donors (Lipinski definition) is 1. The van der Waals surface area contributed by atoms with Gasteiger partial charge < -0.3 is 14.4 Å². The van der Waals surface area contributed by atoms with Gasteiger partial charge in [0.25, 0.3) is 10.0 Å². The molecule has 0 radical (unpaired) electrons. The standard InChI is InChI=1S/C30H38BrN7O6S2/c1-34-19-28(32-21-34)46(43,44)37-14-12-35(13-15-37)18-25-4-2-11-38(25)29(39)20-36-10-3-5-27(30(36)40)33-45(41,42)26-9-7-22-16-24(31)8-6-23(22)17-26/h6-9,16-17,19,21,25,27,33H,2-5,10-15,18,20H2,1H3. The molecule has 1 aromatic heterocycles. The molecule has 0 spiro atoms. The maximum atomic E-state index is 13.5.